The smallest absolute Gasteiger partial charge is 0.155 e. The molecule has 0 spiro atoms. The molecule has 0 heterocycles. The molecule has 4 rings (SSSR count). The van der Waals surface area contributed by atoms with Gasteiger partial charge in [0.25, 0.3) is 0 Å². The average Bonchev–Trinajstić information content (AvgIpc) is 2.83. The summed E-state index contributed by atoms with van der Waals surface area (Å²) in [6, 6.07) is 0. The van der Waals surface area contributed by atoms with E-state index in [1.807, 2.05) is 6.08 Å². The van der Waals surface area contributed by atoms with Gasteiger partial charge in [-0.15, -0.1) is 0 Å². The maximum absolute atomic E-state index is 11.8. The zero-order valence-electron chi connectivity index (χ0n) is 14.8. The van der Waals surface area contributed by atoms with E-state index in [1.54, 1.807) is 0 Å². The summed E-state index contributed by atoms with van der Waals surface area (Å²) in [5.74, 6) is 4.04. The SMILES string of the molecule is CC(C)C[C@]12CC[C@H]3[C@@H](CCC4=CC(=O)CC[C@@H]43)[C@@H]1CC[C@@H]2O. The Hall–Kier alpha value is -0.630. The summed E-state index contributed by atoms with van der Waals surface area (Å²) < 4.78 is 0. The topological polar surface area (TPSA) is 37.3 Å². The Morgan fingerprint density at radius 1 is 1.13 bits per heavy atom. The van der Waals surface area contributed by atoms with Crippen LogP contribution in [0.3, 0.4) is 0 Å². The summed E-state index contributed by atoms with van der Waals surface area (Å²) >= 11 is 0. The van der Waals surface area contributed by atoms with Crippen LogP contribution < -0.4 is 0 Å². The normalized spacial score (nSPS) is 46.2. The number of ketones is 1. The number of carbonyl (C=O) groups excluding carboxylic acids is 1. The van der Waals surface area contributed by atoms with Gasteiger partial charge >= 0.3 is 0 Å². The van der Waals surface area contributed by atoms with Crippen LogP contribution >= 0.6 is 0 Å². The summed E-state index contributed by atoms with van der Waals surface area (Å²) in [5, 5.41) is 10.8. The fourth-order valence-electron chi connectivity index (χ4n) is 7.11. The van der Waals surface area contributed by atoms with Gasteiger partial charge in [-0.1, -0.05) is 19.4 Å². The van der Waals surface area contributed by atoms with Gasteiger partial charge in [0.15, 0.2) is 5.78 Å². The number of hydrogen-bond acceptors (Lipinski definition) is 2. The molecular formula is C21H32O2. The minimum absolute atomic E-state index is 0.0688. The molecule has 0 radical (unpaired) electrons. The van der Waals surface area contributed by atoms with Crippen LogP contribution in [0.2, 0.25) is 0 Å². The van der Waals surface area contributed by atoms with E-state index in [9.17, 15) is 9.90 Å². The van der Waals surface area contributed by atoms with Crippen LogP contribution in [0, 0.1) is 35.0 Å². The van der Waals surface area contributed by atoms with E-state index >= 15 is 0 Å². The Bertz CT molecular complexity index is 520. The maximum Gasteiger partial charge on any atom is 0.155 e. The molecule has 3 saturated carbocycles. The molecule has 0 aromatic heterocycles. The fourth-order valence-corrected chi connectivity index (χ4v) is 7.11. The van der Waals surface area contributed by atoms with Crippen LogP contribution in [-0.4, -0.2) is 17.0 Å². The van der Waals surface area contributed by atoms with Crippen LogP contribution in [0.5, 0.6) is 0 Å². The first-order valence-electron chi connectivity index (χ1n) is 9.92. The summed E-state index contributed by atoms with van der Waals surface area (Å²) in [6.07, 6.45) is 12.1. The molecule has 6 atom stereocenters. The first-order chi connectivity index (χ1) is 11.0. The van der Waals surface area contributed by atoms with Gasteiger partial charge in [-0.3, -0.25) is 4.79 Å². The molecule has 128 valence electrons. The largest absolute Gasteiger partial charge is 0.393 e. The second-order valence-corrected chi connectivity index (χ2v) is 9.27. The number of aliphatic hydroxyl groups excluding tert-OH is 1. The Morgan fingerprint density at radius 2 is 1.96 bits per heavy atom. The van der Waals surface area contributed by atoms with E-state index in [0.717, 1.165) is 43.4 Å². The van der Waals surface area contributed by atoms with E-state index in [2.05, 4.69) is 13.8 Å². The summed E-state index contributed by atoms with van der Waals surface area (Å²) in [4.78, 5) is 11.8. The second-order valence-electron chi connectivity index (χ2n) is 9.27. The lowest BCUT2D eigenvalue weighted by molar-refractivity contribution is -0.116. The minimum atomic E-state index is -0.0688. The van der Waals surface area contributed by atoms with E-state index in [1.165, 1.54) is 37.7 Å². The van der Waals surface area contributed by atoms with Crippen molar-refractivity contribution >= 4 is 5.78 Å². The highest BCUT2D eigenvalue weighted by Gasteiger charge is 2.58. The first kappa shape index (κ1) is 15.9. The van der Waals surface area contributed by atoms with Gasteiger partial charge in [0.1, 0.15) is 0 Å². The molecule has 4 aliphatic rings. The molecule has 3 fully saturated rings. The third kappa shape index (κ3) is 2.44. The van der Waals surface area contributed by atoms with Crippen LogP contribution in [0.4, 0.5) is 0 Å². The van der Waals surface area contributed by atoms with Crippen molar-refractivity contribution in [3.05, 3.63) is 11.6 Å². The molecule has 0 amide bonds. The number of aliphatic hydroxyl groups is 1. The van der Waals surface area contributed by atoms with E-state index in [-0.39, 0.29) is 11.5 Å². The number of allylic oxidation sites excluding steroid dienone is 1. The average molecular weight is 316 g/mol. The number of carbonyl (C=O) groups is 1. The van der Waals surface area contributed by atoms with Crippen LogP contribution in [-0.2, 0) is 4.79 Å². The van der Waals surface area contributed by atoms with Crippen molar-refractivity contribution in [2.45, 2.75) is 77.7 Å². The molecule has 1 N–H and O–H groups in total. The molecular weight excluding hydrogens is 284 g/mol. The van der Waals surface area contributed by atoms with Gasteiger partial charge in [-0.2, -0.15) is 0 Å². The Balaban J connectivity index is 1.62. The molecule has 0 aliphatic heterocycles. The molecule has 0 aromatic rings. The van der Waals surface area contributed by atoms with E-state index in [0.29, 0.717) is 17.6 Å². The standard InChI is InChI=1S/C21H32O2/c1-13(2)12-21-10-9-17-16-6-4-15(22)11-14(16)3-5-18(17)19(21)7-8-20(21)23/h11,13,16-20,23H,3-10,12H2,1-2H3/t16-,17+,18+,19-,20-,21+/m0/s1. The van der Waals surface area contributed by atoms with E-state index < -0.39 is 0 Å². The number of fused-ring (bicyclic) bond motifs is 5. The van der Waals surface area contributed by atoms with Gasteiger partial charge < -0.3 is 5.11 Å². The Labute approximate surface area is 140 Å². The van der Waals surface area contributed by atoms with Crippen molar-refractivity contribution in [1.82, 2.24) is 0 Å². The summed E-state index contributed by atoms with van der Waals surface area (Å²) in [6.45, 7) is 4.63. The van der Waals surface area contributed by atoms with E-state index in [4.69, 9.17) is 0 Å². The summed E-state index contributed by atoms with van der Waals surface area (Å²) in [5.41, 5.74) is 1.68. The predicted molar refractivity (Wildman–Crippen MR) is 91.9 cm³/mol. The minimum Gasteiger partial charge on any atom is -0.393 e. The lowest BCUT2D eigenvalue weighted by Gasteiger charge is -2.55. The Kier molecular flexibility index (Phi) is 3.95. The zero-order valence-corrected chi connectivity index (χ0v) is 14.8. The highest BCUT2D eigenvalue weighted by atomic mass is 16.3. The van der Waals surface area contributed by atoms with Crippen molar-refractivity contribution in [1.29, 1.82) is 0 Å². The monoisotopic (exact) mass is 316 g/mol. The molecule has 4 aliphatic carbocycles. The molecule has 0 bridgehead atoms. The molecule has 2 heteroatoms. The number of rotatable bonds is 2. The molecule has 2 nitrogen and oxygen atoms in total. The highest BCUT2D eigenvalue weighted by Crippen LogP contribution is 2.63. The fraction of sp³-hybridized carbons (Fsp3) is 0.857. The van der Waals surface area contributed by atoms with Gasteiger partial charge in [-0.05, 0) is 92.4 Å². The maximum atomic E-state index is 11.8. The molecule has 0 unspecified atom stereocenters. The molecule has 0 aromatic carbocycles. The zero-order chi connectivity index (χ0) is 16.2. The number of hydrogen-bond donors (Lipinski definition) is 1. The lowest BCUT2D eigenvalue weighted by Crippen LogP contribution is -2.49. The highest BCUT2D eigenvalue weighted by molar-refractivity contribution is 5.91. The van der Waals surface area contributed by atoms with Gasteiger partial charge in [0.2, 0.25) is 0 Å². The van der Waals surface area contributed by atoms with Crippen molar-refractivity contribution in [3.8, 4) is 0 Å². The first-order valence-corrected chi connectivity index (χ1v) is 9.92. The third-order valence-corrected chi connectivity index (χ3v) is 7.76. The van der Waals surface area contributed by atoms with Crippen LogP contribution in [0.1, 0.15) is 71.6 Å². The van der Waals surface area contributed by atoms with Crippen molar-refractivity contribution < 1.29 is 9.90 Å². The molecule has 0 saturated heterocycles. The second kappa shape index (κ2) is 5.72. The lowest BCUT2D eigenvalue weighted by atomic mass is 9.50. The summed E-state index contributed by atoms with van der Waals surface area (Å²) in [7, 11) is 0. The van der Waals surface area contributed by atoms with Gasteiger partial charge in [-0.25, -0.2) is 0 Å². The van der Waals surface area contributed by atoms with Crippen molar-refractivity contribution in [2.75, 3.05) is 0 Å². The predicted octanol–water partition coefficient (Wildman–Crippen LogP) is 4.52. The Morgan fingerprint density at radius 3 is 2.74 bits per heavy atom. The van der Waals surface area contributed by atoms with Crippen LogP contribution in [0.15, 0.2) is 11.6 Å². The van der Waals surface area contributed by atoms with Gasteiger partial charge in [0, 0.05) is 6.42 Å². The quantitative estimate of drug-likeness (QED) is 0.813. The third-order valence-electron chi connectivity index (χ3n) is 7.76. The van der Waals surface area contributed by atoms with Crippen LogP contribution in [0.25, 0.3) is 0 Å². The van der Waals surface area contributed by atoms with Gasteiger partial charge in [0.05, 0.1) is 6.10 Å². The molecule has 23 heavy (non-hydrogen) atoms. The van der Waals surface area contributed by atoms with Crippen molar-refractivity contribution in [3.63, 3.8) is 0 Å². The van der Waals surface area contributed by atoms with Crippen molar-refractivity contribution in [2.24, 2.45) is 35.0 Å².